The molecule has 7 nitrogen and oxygen atoms in total. The largest absolute Gasteiger partial charge is 0.465 e. The van der Waals surface area contributed by atoms with Gasteiger partial charge in [0.1, 0.15) is 6.10 Å². The Kier molecular flexibility index (Phi) is 10.7. The van der Waals surface area contributed by atoms with Crippen molar-refractivity contribution in [2.24, 2.45) is 11.3 Å². The minimum Gasteiger partial charge on any atom is -0.465 e. The molecule has 2 amide bonds. The third kappa shape index (κ3) is 9.77. The van der Waals surface area contributed by atoms with Gasteiger partial charge in [0, 0.05) is 37.1 Å². The van der Waals surface area contributed by atoms with Crippen LogP contribution in [0.4, 0.5) is 0 Å². The van der Waals surface area contributed by atoms with E-state index in [9.17, 15) is 19.5 Å². The van der Waals surface area contributed by atoms with Gasteiger partial charge < -0.3 is 20.5 Å². The first-order valence-electron chi connectivity index (χ1n) is 8.09. The summed E-state index contributed by atoms with van der Waals surface area (Å²) in [6, 6.07) is 0. The van der Waals surface area contributed by atoms with Crippen LogP contribution in [0.25, 0.3) is 0 Å². The molecule has 0 radical (unpaired) electrons. The fourth-order valence-electron chi connectivity index (χ4n) is 1.77. The molecule has 0 spiro atoms. The molecule has 0 bridgehead atoms. The molecule has 0 saturated carbocycles. The Morgan fingerprint density at radius 3 is 2.33 bits per heavy atom. The van der Waals surface area contributed by atoms with Gasteiger partial charge in [-0.05, 0) is 5.92 Å². The molecule has 0 heterocycles. The molecule has 1 unspecified atom stereocenters. The van der Waals surface area contributed by atoms with Crippen LogP contribution in [-0.2, 0) is 19.1 Å². The Morgan fingerprint density at radius 1 is 1.17 bits per heavy atom. The number of rotatable bonds is 11. The van der Waals surface area contributed by atoms with Crippen LogP contribution in [0.3, 0.4) is 0 Å². The molecule has 0 rings (SSSR count). The van der Waals surface area contributed by atoms with Gasteiger partial charge in [0.25, 0.3) is 0 Å². The number of amides is 2. The molecule has 0 aliphatic carbocycles. The number of ether oxygens (including phenoxy) is 1. The zero-order chi connectivity index (χ0) is 18.8. The lowest BCUT2D eigenvalue weighted by Crippen LogP contribution is -2.47. The van der Waals surface area contributed by atoms with Crippen molar-refractivity contribution in [3.05, 3.63) is 0 Å². The van der Waals surface area contributed by atoms with Crippen molar-refractivity contribution in [1.82, 2.24) is 10.6 Å². The highest BCUT2D eigenvalue weighted by Gasteiger charge is 2.34. The van der Waals surface area contributed by atoms with E-state index in [-0.39, 0.29) is 37.4 Å². The Balaban J connectivity index is 4.23. The van der Waals surface area contributed by atoms with Crippen molar-refractivity contribution >= 4 is 30.4 Å². The molecule has 0 fully saturated rings. The number of thiol groups is 1. The number of aliphatic hydroxyl groups is 1. The summed E-state index contributed by atoms with van der Waals surface area (Å²) in [5.74, 6) is -0.419. The molecule has 0 saturated heterocycles. The number of carbonyl (C=O) groups is 3. The number of nitrogens with one attached hydrogen (secondary N) is 2. The first-order chi connectivity index (χ1) is 11.1. The SMILES string of the molecule is CC(C)CC(=O)OCC(C)(C)C(O)C(=O)NCCC(=O)NCCS. The topological polar surface area (TPSA) is 105 Å². The molecule has 3 N–H and O–H groups in total. The van der Waals surface area contributed by atoms with Gasteiger partial charge >= 0.3 is 5.97 Å². The minimum atomic E-state index is -1.34. The van der Waals surface area contributed by atoms with Gasteiger partial charge in [-0.1, -0.05) is 27.7 Å². The second kappa shape index (κ2) is 11.3. The summed E-state index contributed by atoms with van der Waals surface area (Å²) in [6.07, 6.45) is -0.930. The molecule has 8 heteroatoms. The van der Waals surface area contributed by atoms with Crippen molar-refractivity contribution in [3.8, 4) is 0 Å². The number of aliphatic hydroxyl groups excluding tert-OH is 1. The predicted molar refractivity (Wildman–Crippen MR) is 94.7 cm³/mol. The maximum Gasteiger partial charge on any atom is 0.306 e. The summed E-state index contributed by atoms with van der Waals surface area (Å²) in [5.41, 5.74) is -0.926. The lowest BCUT2D eigenvalue weighted by molar-refractivity contribution is -0.154. The molecule has 0 aliphatic rings. The highest BCUT2D eigenvalue weighted by atomic mass is 32.1. The van der Waals surface area contributed by atoms with Crippen molar-refractivity contribution in [3.63, 3.8) is 0 Å². The van der Waals surface area contributed by atoms with Gasteiger partial charge in [-0.25, -0.2) is 0 Å². The van der Waals surface area contributed by atoms with Gasteiger partial charge in [0.05, 0.1) is 6.61 Å². The van der Waals surface area contributed by atoms with Gasteiger partial charge in [-0.2, -0.15) is 12.6 Å². The van der Waals surface area contributed by atoms with Crippen molar-refractivity contribution in [1.29, 1.82) is 0 Å². The van der Waals surface area contributed by atoms with E-state index in [2.05, 4.69) is 23.3 Å². The second-order valence-corrected chi connectivity index (χ2v) is 7.21. The zero-order valence-electron chi connectivity index (χ0n) is 14.9. The molecule has 0 aromatic rings. The Morgan fingerprint density at radius 2 is 1.79 bits per heavy atom. The summed E-state index contributed by atoms with van der Waals surface area (Å²) >= 11 is 3.98. The van der Waals surface area contributed by atoms with Crippen molar-refractivity contribution in [2.75, 3.05) is 25.4 Å². The molecule has 0 aromatic carbocycles. The van der Waals surface area contributed by atoms with Crippen LogP contribution in [0.1, 0.15) is 40.5 Å². The standard InChI is InChI=1S/C16H30N2O5S/c1-11(2)9-13(20)23-10-16(3,4)14(21)15(22)18-6-5-12(19)17-7-8-24/h11,14,21,24H,5-10H2,1-4H3,(H,17,19)(H,18,22). The lowest BCUT2D eigenvalue weighted by atomic mass is 9.87. The summed E-state index contributed by atoms with van der Waals surface area (Å²) in [6.45, 7) is 7.61. The molecule has 140 valence electrons. The quantitative estimate of drug-likeness (QED) is 0.317. The summed E-state index contributed by atoms with van der Waals surface area (Å²) in [5, 5.41) is 15.3. The Hall–Kier alpha value is -1.28. The Labute approximate surface area is 149 Å². The van der Waals surface area contributed by atoms with Crippen LogP contribution in [-0.4, -0.2) is 54.4 Å². The van der Waals surface area contributed by atoms with Crippen LogP contribution in [0.5, 0.6) is 0 Å². The highest BCUT2D eigenvalue weighted by Crippen LogP contribution is 2.22. The van der Waals surface area contributed by atoms with E-state index in [1.165, 1.54) is 0 Å². The van der Waals surface area contributed by atoms with E-state index in [4.69, 9.17) is 4.74 Å². The van der Waals surface area contributed by atoms with Crippen LogP contribution in [0.15, 0.2) is 0 Å². The van der Waals surface area contributed by atoms with Gasteiger partial charge in [0.15, 0.2) is 0 Å². The predicted octanol–water partition coefficient (Wildman–Crippen LogP) is 0.515. The molecule has 0 aromatic heterocycles. The van der Waals surface area contributed by atoms with E-state index in [0.29, 0.717) is 18.7 Å². The van der Waals surface area contributed by atoms with E-state index < -0.39 is 17.4 Å². The van der Waals surface area contributed by atoms with Crippen molar-refractivity contribution in [2.45, 2.75) is 46.6 Å². The van der Waals surface area contributed by atoms with Crippen LogP contribution < -0.4 is 10.6 Å². The number of hydrogen-bond donors (Lipinski definition) is 4. The number of hydrogen-bond acceptors (Lipinski definition) is 6. The third-order valence-corrected chi connectivity index (χ3v) is 3.48. The molecular formula is C16H30N2O5S. The molecule has 1 atom stereocenters. The smallest absolute Gasteiger partial charge is 0.306 e. The average molecular weight is 362 g/mol. The van der Waals surface area contributed by atoms with Crippen LogP contribution in [0.2, 0.25) is 0 Å². The molecule has 24 heavy (non-hydrogen) atoms. The second-order valence-electron chi connectivity index (χ2n) is 6.76. The van der Waals surface area contributed by atoms with Gasteiger partial charge in [0.2, 0.25) is 11.8 Å². The maximum atomic E-state index is 12.0. The Bertz CT molecular complexity index is 427. The van der Waals surface area contributed by atoms with E-state index in [1.54, 1.807) is 13.8 Å². The fourth-order valence-corrected chi connectivity index (χ4v) is 1.88. The first-order valence-corrected chi connectivity index (χ1v) is 8.72. The monoisotopic (exact) mass is 362 g/mol. The minimum absolute atomic E-state index is 0.0599. The fraction of sp³-hybridized carbons (Fsp3) is 0.812. The summed E-state index contributed by atoms with van der Waals surface area (Å²) in [4.78, 5) is 34.9. The summed E-state index contributed by atoms with van der Waals surface area (Å²) in [7, 11) is 0. The maximum absolute atomic E-state index is 12.0. The van der Waals surface area contributed by atoms with Gasteiger partial charge in [-0.3, -0.25) is 14.4 Å². The molecular weight excluding hydrogens is 332 g/mol. The van der Waals surface area contributed by atoms with Crippen molar-refractivity contribution < 1.29 is 24.2 Å². The number of carbonyl (C=O) groups excluding carboxylic acids is 3. The van der Waals surface area contributed by atoms with E-state index in [0.717, 1.165) is 0 Å². The zero-order valence-corrected chi connectivity index (χ0v) is 15.8. The molecule has 0 aliphatic heterocycles. The van der Waals surface area contributed by atoms with Gasteiger partial charge in [-0.15, -0.1) is 0 Å². The normalized spacial score (nSPS) is 12.6. The summed E-state index contributed by atoms with van der Waals surface area (Å²) < 4.78 is 5.13. The lowest BCUT2D eigenvalue weighted by Gasteiger charge is -2.29. The van der Waals surface area contributed by atoms with Crippen LogP contribution >= 0.6 is 12.6 Å². The third-order valence-electron chi connectivity index (χ3n) is 3.25. The van der Waals surface area contributed by atoms with E-state index >= 15 is 0 Å². The highest BCUT2D eigenvalue weighted by molar-refractivity contribution is 7.80. The number of esters is 1. The van der Waals surface area contributed by atoms with E-state index in [1.807, 2.05) is 13.8 Å². The van der Waals surface area contributed by atoms with Crippen LogP contribution in [0, 0.1) is 11.3 Å². The average Bonchev–Trinajstić information content (AvgIpc) is 2.49. The first kappa shape index (κ1) is 22.7.